The van der Waals surface area contributed by atoms with E-state index in [0.717, 1.165) is 45.1 Å². The number of ether oxygens (including phenoxy) is 4. The van der Waals surface area contributed by atoms with E-state index in [4.69, 9.17) is 18.9 Å². The summed E-state index contributed by atoms with van der Waals surface area (Å²) >= 11 is 0. The molecule has 0 saturated carbocycles. The predicted octanol–water partition coefficient (Wildman–Crippen LogP) is 14.5. The summed E-state index contributed by atoms with van der Waals surface area (Å²) in [6.07, 6.45) is 43.7. The Kier molecular flexibility index (Phi) is 26.3. The summed E-state index contributed by atoms with van der Waals surface area (Å²) in [6.45, 7) is 11.9. The van der Waals surface area contributed by atoms with Gasteiger partial charge in [0.1, 0.15) is 0 Å². The maximum absolute atomic E-state index is 14.0. The number of carbonyl (C=O) groups is 2. The van der Waals surface area contributed by atoms with Crippen molar-refractivity contribution in [3.63, 3.8) is 0 Å². The number of carbonyl (C=O) groups excluding carboxylic acids is 2. The van der Waals surface area contributed by atoms with E-state index in [1.54, 1.807) is 0 Å². The number of hydrogen-bond donors (Lipinski definition) is 1. The van der Waals surface area contributed by atoms with Gasteiger partial charge in [-0.05, 0) is 50.4 Å². The molecule has 5 aliphatic heterocycles. The number of hydrogen-bond acceptors (Lipinski definition) is 8. The molecule has 8 atom stereocenters. The van der Waals surface area contributed by atoms with E-state index in [0.29, 0.717) is 51.0 Å². The van der Waals surface area contributed by atoms with Gasteiger partial charge in [-0.1, -0.05) is 207 Å². The Bertz CT molecular complexity index is 1280. The number of unbranched alkanes of at least 4 members (excludes halogenated alkanes) is 24. The van der Waals surface area contributed by atoms with Gasteiger partial charge in [0.15, 0.2) is 0 Å². The third-order valence-corrected chi connectivity index (χ3v) is 17.5. The number of β-amino-alcohol motifs (C(OH)–C–C–N with tert-alkyl or cyclic N) is 1. The SMILES string of the molecule is CCCCCCCCCC(CCCCCCCCC)CC(=O)OCC1C2OC3(CN(CCO)CC45CCC(O4)C2C53)C1COC(=O)CC(CCCCCCCCC)CCCCCCCCC. The lowest BCUT2D eigenvalue weighted by Crippen LogP contribution is -2.69. The van der Waals surface area contributed by atoms with Crippen molar-refractivity contribution < 1.29 is 33.6 Å². The second kappa shape index (κ2) is 31.2. The van der Waals surface area contributed by atoms with Crippen LogP contribution in [-0.2, 0) is 28.5 Å². The molecule has 4 bridgehead atoms. The molecule has 8 nitrogen and oxygen atoms in total. The van der Waals surface area contributed by atoms with Gasteiger partial charge < -0.3 is 24.1 Å². The average molecular weight is 928 g/mol. The molecule has 0 aromatic heterocycles. The van der Waals surface area contributed by atoms with Crippen molar-refractivity contribution >= 4 is 11.9 Å². The summed E-state index contributed by atoms with van der Waals surface area (Å²) in [4.78, 5) is 30.4. The van der Waals surface area contributed by atoms with E-state index < -0.39 is 5.60 Å². The number of nitrogens with zero attached hydrogens (tertiary/aromatic N) is 1. The first kappa shape index (κ1) is 55.7. The number of fused-ring (bicyclic) bond motifs is 4. The summed E-state index contributed by atoms with van der Waals surface area (Å²) in [6, 6.07) is 0. The molecule has 0 aromatic carbocycles. The maximum atomic E-state index is 14.0. The number of aliphatic hydroxyl groups is 1. The summed E-state index contributed by atoms with van der Waals surface area (Å²) < 4.78 is 27.2. The molecular weight excluding hydrogens is 823 g/mol. The van der Waals surface area contributed by atoms with E-state index in [1.165, 1.54) is 180 Å². The van der Waals surface area contributed by atoms with Crippen molar-refractivity contribution in [2.24, 2.45) is 35.5 Å². The van der Waals surface area contributed by atoms with E-state index >= 15 is 0 Å². The van der Waals surface area contributed by atoms with Crippen LogP contribution in [0.5, 0.6) is 0 Å². The number of esters is 2. The van der Waals surface area contributed by atoms with Crippen LogP contribution in [-0.4, -0.2) is 84.8 Å². The van der Waals surface area contributed by atoms with Gasteiger partial charge in [-0.15, -0.1) is 0 Å². The predicted molar refractivity (Wildman–Crippen MR) is 270 cm³/mol. The molecule has 5 fully saturated rings. The van der Waals surface area contributed by atoms with Gasteiger partial charge in [0.2, 0.25) is 0 Å². The quantitative estimate of drug-likeness (QED) is 0.0478. The zero-order valence-electron chi connectivity index (χ0n) is 43.7. The van der Waals surface area contributed by atoms with Crippen LogP contribution in [0.1, 0.15) is 259 Å². The van der Waals surface area contributed by atoms with Crippen LogP contribution in [0.15, 0.2) is 0 Å². The summed E-state index contributed by atoms with van der Waals surface area (Å²) in [5.41, 5.74) is -0.820. The highest BCUT2D eigenvalue weighted by molar-refractivity contribution is 5.70. The molecule has 5 rings (SSSR count). The lowest BCUT2D eigenvalue weighted by molar-refractivity contribution is -0.176. The van der Waals surface area contributed by atoms with Crippen LogP contribution in [0.2, 0.25) is 0 Å². The molecule has 5 saturated heterocycles. The van der Waals surface area contributed by atoms with Crippen LogP contribution in [0.3, 0.4) is 0 Å². The minimum absolute atomic E-state index is 0.0435. The molecule has 5 heterocycles. The first-order valence-electron chi connectivity index (χ1n) is 29.3. The standard InChI is InChI=1S/C58H105NO7/c1-5-9-13-17-21-25-29-33-47(34-30-26-22-18-14-10-6-2)41-52(61)63-43-49-50(58-46-59(39-40-60)45-57-38-37-51(65-57)54(56(57)58)55(49)66-58)44-64-53(62)42-48(35-31-27-23-19-15-11-7-3)36-32-28-24-20-16-12-8-4/h47-51,54-56,60H,5-46H2,1-4H3. The maximum Gasteiger partial charge on any atom is 0.306 e. The second-order valence-electron chi connectivity index (χ2n) is 22.7. The van der Waals surface area contributed by atoms with Gasteiger partial charge in [0, 0.05) is 56.1 Å². The van der Waals surface area contributed by atoms with Crippen LogP contribution in [0.4, 0.5) is 0 Å². The van der Waals surface area contributed by atoms with Gasteiger partial charge in [-0.2, -0.15) is 0 Å². The third kappa shape index (κ3) is 16.7. The second-order valence-corrected chi connectivity index (χ2v) is 22.7. The van der Waals surface area contributed by atoms with E-state index in [9.17, 15) is 14.7 Å². The summed E-state index contributed by atoms with van der Waals surface area (Å²) in [5, 5.41) is 10.2. The molecule has 1 N–H and O–H groups in total. The van der Waals surface area contributed by atoms with E-state index in [1.807, 2.05) is 0 Å². The van der Waals surface area contributed by atoms with Gasteiger partial charge in [-0.25, -0.2) is 0 Å². The van der Waals surface area contributed by atoms with Gasteiger partial charge in [-0.3, -0.25) is 14.5 Å². The van der Waals surface area contributed by atoms with Crippen molar-refractivity contribution in [1.29, 1.82) is 0 Å². The number of rotatable bonds is 42. The molecule has 0 aliphatic carbocycles. The average Bonchev–Trinajstić information content (AvgIpc) is 4.05. The highest BCUT2D eigenvalue weighted by Crippen LogP contribution is 2.70. The number of piperidine rings is 1. The van der Waals surface area contributed by atoms with Crippen molar-refractivity contribution in [3.8, 4) is 0 Å². The molecule has 0 aromatic rings. The molecule has 384 valence electrons. The molecule has 2 spiro atoms. The fourth-order valence-electron chi connectivity index (χ4n) is 14.0. The number of aliphatic hydroxyl groups excluding tert-OH is 1. The first-order valence-corrected chi connectivity index (χ1v) is 29.3. The summed E-state index contributed by atoms with van der Waals surface area (Å²) in [7, 11) is 0. The van der Waals surface area contributed by atoms with Crippen molar-refractivity contribution in [3.05, 3.63) is 0 Å². The van der Waals surface area contributed by atoms with Gasteiger partial charge in [0.05, 0.1) is 43.2 Å². The molecule has 0 radical (unpaired) electrons. The van der Waals surface area contributed by atoms with Gasteiger partial charge >= 0.3 is 11.9 Å². The van der Waals surface area contributed by atoms with Crippen molar-refractivity contribution in [2.75, 3.05) is 39.5 Å². The Hall–Kier alpha value is -1.22. The highest BCUT2D eigenvalue weighted by Gasteiger charge is 2.81. The zero-order valence-corrected chi connectivity index (χ0v) is 43.7. The Morgan fingerprint density at radius 3 is 1.44 bits per heavy atom. The Balaban J connectivity index is 1.22. The molecule has 5 aliphatic rings. The Morgan fingerprint density at radius 2 is 1.00 bits per heavy atom. The van der Waals surface area contributed by atoms with Crippen molar-refractivity contribution in [2.45, 2.75) is 282 Å². The van der Waals surface area contributed by atoms with Crippen molar-refractivity contribution in [1.82, 2.24) is 4.90 Å². The monoisotopic (exact) mass is 928 g/mol. The smallest absolute Gasteiger partial charge is 0.306 e. The Morgan fingerprint density at radius 1 is 0.576 bits per heavy atom. The molecule has 0 amide bonds. The largest absolute Gasteiger partial charge is 0.465 e. The fraction of sp³-hybridized carbons (Fsp3) is 0.966. The minimum atomic E-state index is -0.541. The van der Waals surface area contributed by atoms with Crippen LogP contribution >= 0.6 is 0 Å². The lowest BCUT2D eigenvalue weighted by atomic mass is 9.53. The molecule has 8 heteroatoms. The summed E-state index contributed by atoms with van der Waals surface area (Å²) in [5.74, 6) is 1.00. The third-order valence-electron chi connectivity index (χ3n) is 17.5. The van der Waals surface area contributed by atoms with E-state index in [-0.39, 0.29) is 60.0 Å². The fourth-order valence-corrected chi connectivity index (χ4v) is 14.0. The zero-order chi connectivity index (χ0) is 46.9. The Labute approximate surface area is 406 Å². The molecule has 66 heavy (non-hydrogen) atoms. The number of likely N-dealkylation sites (tertiary alicyclic amines) is 1. The normalized spacial score (nSPS) is 27.4. The van der Waals surface area contributed by atoms with Gasteiger partial charge in [0.25, 0.3) is 0 Å². The topological polar surface area (TPSA) is 94.5 Å². The molecular formula is C58H105NO7. The first-order chi connectivity index (χ1) is 32.3. The highest BCUT2D eigenvalue weighted by atomic mass is 16.6. The van der Waals surface area contributed by atoms with Crippen LogP contribution in [0, 0.1) is 35.5 Å². The van der Waals surface area contributed by atoms with Crippen LogP contribution < -0.4 is 0 Å². The minimum Gasteiger partial charge on any atom is -0.465 e. The lowest BCUT2D eigenvalue weighted by Gasteiger charge is -2.55. The van der Waals surface area contributed by atoms with E-state index in [2.05, 4.69) is 32.6 Å². The van der Waals surface area contributed by atoms with Crippen LogP contribution in [0.25, 0.3) is 0 Å². The molecule has 8 unspecified atom stereocenters.